The van der Waals surface area contributed by atoms with E-state index in [1.807, 2.05) is 24.3 Å². The second-order valence-electron chi connectivity index (χ2n) is 8.22. The largest absolute Gasteiger partial charge is 0.289 e. The van der Waals surface area contributed by atoms with Gasteiger partial charge in [0.05, 0.1) is 5.75 Å². The fourth-order valence-corrected chi connectivity index (χ4v) is 4.48. The molecule has 0 saturated heterocycles. The van der Waals surface area contributed by atoms with Crippen LogP contribution in [-0.4, -0.2) is 14.2 Å². The lowest BCUT2D eigenvalue weighted by Gasteiger charge is -2.19. The highest BCUT2D eigenvalue weighted by Gasteiger charge is 2.16. The summed E-state index contributed by atoms with van der Waals surface area (Å²) in [6.45, 7) is 6.36. The molecule has 0 aliphatic heterocycles. The molecule has 0 spiro atoms. The minimum Gasteiger partial charge on any atom is -0.289 e. The first-order valence-electron chi connectivity index (χ1n) is 9.54. The van der Waals surface area contributed by atoms with Crippen LogP contribution < -0.4 is 4.72 Å². The van der Waals surface area contributed by atoms with Gasteiger partial charge in [0.25, 0.3) is 0 Å². The van der Waals surface area contributed by atoms with Crippen LogP contribution in [0, 0.1) is 0 Å². The predicted molar refractivity (Wildman–Crippen MR) is 125 cm³/mol. The van der Waals surface area contributed by atoms with Crippen molar-refractivity contribution in [3.05, 3.63) is 99.5 Å². The first-order valence-corrected chi connectivity index (χ1v) is 12.0. The molecule has 0 aliphatic carbocycles. The van der Waals surface area contributed by atoms with E-state index in [4.69, 9.17) is 0 Å². The molecule has 6 heteroatoms. The smallest absolute Gasteiger partial charge is 0.236 e. The first-order chi connectivity index (χ1) is 14.0. The highest BCUT2D eigenvalue weighted by molar-refractivity contribution is 9.10. The van der Waals surface area contributed by atoms with Gasteiger partial charge in [0.2, 0.25) is 10.0 Å². The maximum Gasteiger partial charge on any atom is 0.236 e. The van der Waals surface area contributed by atoms with Gasteiger partial charge in [-0.1, -0.05) is 85.2 Å². The van der Waals surface area contributed by atoms with Crippen molar-refractivity contribution in [2.24, 2.45) is 0 Å². The number of hydrogen-bond donors (Lipinski definition) is 1. The number of rotatable bonds is 6. The van der Waals surface area contributed by atoms with Crippen LogP contribution in [0.15, 0.2) is 77.3 Å². The molecule has 0 heterocycles. The molecule has 156 valence electrons. The number of hydrogen-bond acceptors (Lipinski definition) is 3. The number of carbonyl (C=O) groups excluding carboxylic acids is 1. The standard InChI is InChI=1S/C24H24BrNO3S/c1-24(2,3)20-11-9-18(10-12-20)23(27)19-5-4-6-22(15-19)26-30(28,29)16-17-7-13-21(25)14-8-17/h4-15,26H,16H2,1-3H3. The number of sulfonamides is 1. The fourth-order valence-electron chi connectivity index (χ4n) is 3.03. The van der Waals surface area contributed by atoms with Gasteiger partial charge in [-0.05, 0) is 40.8 Å². The van der Waals surface area contributed by atoms with Gasteiger partial charge in [0, 0.05) is 21.3 Å². The average Bonchev–Trinajstić information content (AvgIpc) is 2.68. The minimum absolute atomic E-state index is 0.00854. The third-order valence-electron chi connectivity index (χ3n) is 4.68. The molecule has 0 atom stereocenters. The Balaban J connectivity index is 1.76. The van der Waals surface area contributed by atoms with E-state index in [1.165, 1.54) is 0 Å². The molecule has 0 radical (unpaired) electrons. The molecule has 0 aromatic heterocycles. The van der Waals surface area contributed by atoms with Gasteiger partial charge in [-0.15, -0.1) is 0 Å². The molecule has 3 aromatic carbocycles. The van der Waals surface area contributed by atoms with Crippen molar-refractivity contribution in [2.45, 2.75) is 31.9 Å². The van der Waals surface area contributed by atoms with Gasteiger partial charge in [0.15, 0.2) is 5.78 Å². The third-order valence-corrected chi connectivity index (χ3v) is 6.47. The molecule has 3 rings (SSSR count). The maximum absolute atomic E-state index is 12.9. The van der Waals surface area contributed by atoms with Crippen LogP contribution in [0.5, 0.6) is 0 Å². The number of anilines is 1. The molecular formula is C24H24BrNO3S. The summed E-state index contributed by atoms with van der Waals surface area (Å²) in [7, 11) is -3.61. The van der Waals surface area contributed by atoms with Gasteiger partial charge in [0.1, 0.15) is 0 Å². The SMILES string of the molecule is CC(C)(C)c1ccc(C(=O)c2cccc(NS(=O)(=O)Cc3ccc(Br)cc3)c2)cc1. The van der Waals surface area contributed by atoms with Gasteiger partial charge < -0.3 is 0 Å². The van der Waals surface area contributed by atoms with E-state index in [9.17, 15) is 13.2 Å². The lowest BCUT2D eigenvalue weighted by atomic mass is 9.86. The highest BCUT2D eigenvalue weighted by atomic mass is 79.9. The summed E-state index contributed by atoms with van der Waals surface area (Å²) in [6.07, 6.45) is 0. The van der Waals surface area contributed by atoms with E-state index < -0.39 is 10.0 Å². The lowest BCUT2D eigenvalue weighted by Crippen LogP contribution is -2.15. The van der Waals surface area contributed by atoms with Crippen LogP contribution in [0.4, 0.5) is 5.69 Å². The second-order valence-corrected chi connectivity index (χ2v) is 10.9. The molecule has 0 amide bonds. The molecule has 0 unspecified atom stereocenters. The number of carbonyl (C=O) groups is 1. The third kappa shape index (κ3) is 5.80. The Morgan fingerprint density at radius 1 is 0.900 bits per heavy atom. The molecule has 4 nitrogen and oxygen atoms in total. The molecule has 30 heavy (non-hydrogen) atoms. The number of benzene rings is 3. The molecule has 0 aliphatic rings. The van der Waals surface area contributed by atoms with Crippen molar-refractivity contribution in [1.29, 1.82) is 0 Å². The molecule has 1 N–H and O–H groups in total. The Hall–Kier alpha value is -2.44. The van der Waals surface area contributed by atoms with Gasteiger partial charge >= 0.3 is 0 Å². The predicted octanol–water partition coefficient (Wildman–Crippen LogP) is 5.92. The Kier molecular flexibility index (Phi) is 6.48. The summed E-state index contributed by atoms with van der Waals surface area (Å²) < 4.78 is 28.5. The van der Waals surface area contributed by atoms with E-state index in [-0.39, 0.29) is 17.0 Å². The van der Waals surface area contributed by atoms with Crippen molar-refractivity contribution in [2.75, 3.05) is 4.72 Å². The van der Waals surface area contributed by atoms with Crippen LogP contribution >= 0.6 is 15.9 Å². The quantitative estimate of drug-likeness (QED) is 0.440. The normalized spacial score (nSPS) is 11.9. The van der Waals surface area contributed by atoms with E-state index in [0.29, 0.717) is 22.4 Å². The van der Waals surface area contributed by atoms with E-state index >= 15 is 0 Å². The maximum atomic E-state index is 12.9. The Morgan fingerprint density at radius 3 is 2.13 bits per heavy atom. The highest BCUT2D eigenvalue weighted by Crippen LogP contribution is 2.24. The number of ketones is 1. The van der Waals surface area contributed by atoms with Crippen LogP contribution in [0.3, 0.4) is 0 Å². The molecule has 3 aromatic rings. The van der Waals surface area contributed by atoms with Crippen LogP contribution in [0.2, 0.25) is 0 Å². The van der Waals surface area contributed by atoms with Crippen molar-refractivity contribution in [3.8, 4) is 0 Å². The van der Waals surface area contributed by atoms with Gasteiger partial charge in [-0.2, -0.15) is 0 Å². The zero-order chi connectivity index (χ0) is 21.9. The summed E-state index contributed by atoms with van der Waals surface area (Å²) in [6, 6.07) is 21.2. The topological polar surface area (TPSA) is 63.2 Å². The van der Waals surface area contributed by atoms with E-state index in [2.05, 4.69) is 41.4 Å². The molecular weight excluding hydrogens is 462 g/mol. The van der Waals surface area contributed by atoms with Gasteiger partial charge in [-0.3, -0.25) is 9.52 Å². The summed E-state index contributed by atoms with van der Waals surface area (Å²) >= 11 is 3.34. The van der Waals surface area contributed by atoms with Crippen molar-refractivity contribution >= 4 is 37.4 Å². The lowest BCUT2D eigenvalue weighted by molar-refractivity contribution is 0.103. The van der Waals surface area contributed by atoms with Crippen molar-refractivity contribution in [1.82, 2.24) is 0 Å². The van der Waals surface area contributed by atoms with E-state index in [0.717, 1.165) is 10.0 Å². The Bertz CT molecular complexity index is 1150. The van der Waals surface area contributed by atoms with E-state index in [1.54, 1.807) is 48.5 Å². The Labute approximate surface area is 186 Å². The molecule has 0 saturated carbocycles. The van der Waals surface area contributed by atoms with Crippen LogP contribution in [0.25, 0.3) is 0 Å². The van der Waals surface area contributed by atoms with Crippen molar-refractivity contribution in [3.63, 3.8) is 0 Å². The summed E-state index contributed by atoms with van der Waals surface area (Å²) in [5, 5.41) is 0. The number of nitrogens with one attached hydrogen (secondary N) is 1. The second kappa shape index (κ2) is 8.74. The molecule has 0 bridgehead atoms. The summed E-state index contributed by atoms with van der Waals surface area (Å²) in [5.74, 6) is -0.295. The van der Waals surface area contributed by atoms with Crippen molar-refractivity contribution < 1.29 is 13.2 Å². The minimum atomic E-state index is -3.61. The Morgan fingerprint density at radius 2 is 1.53 bits per heavy atom. The zero-order valence-electron chi connectivity index (χ0n) is 17.1. The summed E-state index contributed by atoms with van der Waals surface area (Å²) in [5.41, 5.74) is 3.20. The van der Waals surface area contributed by atoms with Gasteiger partial charge in [-0.25, -0.2) is 8.42 Å². The van der Waals surface area contributed by atoms with Crippen LogP contribution in [-0.2, 0) is 21.2 Å². The first kappa shape index (κ1) is 22.2. The molecule has 0 fully saturated rings. The fraction of sp³-hybridized carbons (Fsp3) is 0.208. The number of halogens is 1. The van der Waals surface area contributed by atoms with Crippen LogP contribution in [0.1, 0.15) is 47.8 Å². The monoisotopic (exact) mass is 485 g/mol. The zero-order valence-corrected chi connectivity index (χ0v) is 19.5. The average molecular weight is 486 g/mol. The summed E-state index contributed by atoms with van der Waals surface area (Å²) in [4.78, 5) is 12.9.